The summed E-state index contributed by atoms with van der Waals surface area (Å²) in [4.78, 5) is 49.3. The van der Waals surface area contributed by atoms with Gasteiger partial charge in [-0.3, -0.25) is 19.9 Å². The number of nitrogens with one attached hydrogen (secondary N) is 2. The smallest absolute Gasteiger partial charge is 0.278 e. The number of carbonyl (C=O) groups is 3. The molecule has 2 aliphatic rings. The van der Waals surface area contributed by atoms with Gasteiger partial charge in [0, 0.05) is 51.9 Å². The molecular formula is C28H26N10O5S3. The summed E-state index contributed by atoms with van der Waals surface area (Å²) in [6.07, 6.45) is 5.75. The van der Waals surface area contributed by atoms with E-state index in [-0.39, 0.29) is 34.1 Å². The maximum atomic E-state index is 13.2. The maximum Gasteiger partial charge on any atom is 0.278 e. The maximum absolute atomic E-state index is 13.2. The van der Waals surface area contributed by atoms with Gasteiger partial charge in [0.2, 0.25) is 11.5 Å². The van der Waals surface area contributed by atoms with Gasteiger partial charge in [0.05, 0.1) is 11.7 Å². The Kier molecular flexibility index (Phi) is 8.65. The Morgan fingerprint density at radius 3 is 2.87 bits per heavy atom. The van der Waals surface area contributed by atoms with E-state index in [9.17, 15) is 19.5 Å². The molecule has 2 atom stereocenters. The fourth-order valence-electron chi connectivity index (χ4n) is 5.26. The summed E-state index contributed by atoms with van der Waals surface area (Å²) in [6.45, 7) is 0.777. The molecule has 2 amide bonds. The molecule has 5 heterocycles. The van der Waals surface area contributed by atoms with Crippen molar-refractivity contribution in [3.8, 4) is 0 Å². The van der Waals surface area contributed by atoms with Gasteiger partial charge >= 0.3 is 0 Å². The summed E-state index contributed by atoms with van der Waals surface area (Å²) in [5.41, 5.74) is 13.1. The molecule has 1 fully saturated rings. The first kappa shape index (κ1) is 31.1. The third-order valence-electron chi connectivity index (χ3n) is 7.20. The van der Waals surface area contributed by atoms with Crippen LogP contribution in [-0.2, 0) is 32.3 Å². The van der Waals surface area contributed by atoms with Crippen molar-refractivity contribution in [1.82, 2.24) is 24.1 Å². The number of nitrogen functional groups attached to an aromatic ring is 1. The first-order valence-corrected chi connectivity index (χ1v) is 16.2. The van der Waals surface area contributed by atoms with Crippen LogP contribution < -0.4 is 26.5 Å². The molecule has 15 nitrogen and oxygen atoms in total. The van der Waals surface area contributed by atoms with Gasteiger partial charge < -0.3 is 36.1 Å². The Morgan fingerprint density at radius 1 is 1.33 bits per heavy atom. The molecule has 0 aliphatic carbocycles. The highest BCUT2D eigenvalue weighted by molar-refractivity contribution is 8.13. The number of carboxylic acids is 1. The highest BCUT2D eigenvalue weighted by atomic mass is 32.2. The lowest BCUT2D eigenvalue weighted by molar-refractivity contribution is -0.687. The monoisotopic (exact) mass is 678 g/mol. The number of fused-ring (bicyclic) bond motifs is 2. The fraction of sp³-hybridized carbons (Fsp3) is 0.214. The summed E-state index contributed by atoms with van der Waals surface area (Å²) in [7, 11) is 1.25. The molecule has 236 valence electrons. The lowest BCUT2D eigenvalue weighted by atomic mass is 10.0. The molecule has 4 aromatic rings. The molecule has 0 spiro atoms. The Hall–Kier alpha value is -4.94. The van der Waals surface area contributed by atoms with Crippen molar-refractivity contribution in [2.24, 2.45) is 10.9 Å². The fourth-order valence-corrected chi connectivity index (χ4v) is 7.65. The number of pyridine rings is 1. The lowest BCUT2D eigenvalue weighted by Gasteiger charge is -2.50. The van der Waals surface area contributed by atoms with Gasteiger partial charge in [-0.05, 0) is 23.8 Å². The minimum Gasteiger partial charge on any atom is -0.543 e. The number of carbonyl (C=O) groups excluding carboxylic acids is 3. The summed E-state index contributed by atoms with van der Waals surface area (Å²) < 4.78 is 7.91. The number of nitrogens with two attached hydrogens (primary N) is 2. The van der Waals surface area contributed by atoms with E-state index in [1.54, 1.807) is 0 Å². The Labute approximate surface area is 274 Å². The highest BCUT2D eigenvalue weighted by Crippen LogP contribution is 2.40. The number of anilines is 1. The second-order valence-electron chi connectivity index (χ2n) is 10.2. The molecule has 2 aliphatic heterocycles. The van der Waals surface area contributed by atoms with Crippen molar-refractivity contribution in [2.75, 3.05) is 18.6 Å². The van der Waals surface area contributed by atoms with E-state index in [2.05, 4.69) is 24.4 Å². The SMILES string of the molecule is CO/N=C(\C(=O)N[C@@H]1C(=O)N2C(C(=O)[O-])=C(C[n+]3ccc4ccn(Cc5cccc(SC(=N)N)c5)c4c3)CS[C@H]12)c1nsc(N)n1. The molecule has 18 heteroatoms. The van der Waals surface area contributed by atoms with Crippen LogP contribution in [0.4, 0.5) is 5.13 Å². The Morgan fingerprint density at radius 2 is 2.15 bits per heavy atom. The van der Waals surface area contributed by atoms with Crippen molar-refractivity contribution >= 4 is 79.8 Å². The van der Waals surface area contributed by atoms with Crippen molar-refractivity contribution in [3.63, 3.8) is 0 Å². The van der Waals surface area contributed by atoms with Gasteiger partial charge in [-0.1, -0.05) is 29.1 Å². The van der Waals surface area contributed by atoms with Crippen molar-refractivity contribution in [2.45, 2.75) is 29.4 Å². The van der Waals surface area contributed by atoms with Gasteiger partial charge in [-0.25, -0.2) is 0 Å². The van der Waals surface area contributed by atoms with Crippen LogP contribution in [0, 0.1) is 5.41 Å². The standard InChI is InChI=1S/C28H26N10O5S3/c1-43-34-19(22-33-28(31)46-35-22)23(39)32-20-24(40)38-21(26(41)42)16(13-44-25(20)38)11-36-7-5-15-6-8-37(18(15)12-36)10-14-3-2-4-17(9-14)45-27(29)30/h2-9,12,20,25H,10-11,13H2,1H3,(H6-,29,30,31,32,33,35,39,41,42)/b34-19-/t20-,25-/m1/s1. The van der Waals surface area contributed by atoms with E-state index in [0.29, 0.717) is 17.9 Å². The van der Waals surface area contributed by atoms with Crippen LogP contribution in [0.1, 0.15) is 11.4 Å². The zero-order chi connectivity index (χ0) is 32.5. The van der Waals surface area contributed by atoms with Crippen LogP contribution in [-0.4, -0.2) is 71.8 Å². The quantitative estimate of drug-likeness (QED) is 0.0431. The van der Waals surface area contributed by atoms with E-state index < -0.39 is 29.2 Å². The van der Waals surface area contributed by atoms with Gasteiger partial charge in [0.1, 0.15) is 24.0 Å². The number of amides is 2. The van der Waals surface area contributed by atoms with Crippen LogP contribution in [0.5, 0.6) is 0 Å². The van der Waals surface area contributed by atoms with E-state index in [0.717, 1.165) is 37.8 Å². The number of aliphatic carboxylic acids is 1. The van der Waals surface area contributed by atoms with Crippen molar-refractivity contribution < 1.29 is 28.9 Å². The van der Waals surface area contributed by atoms with Gasteiger partial charge in [0.15, 0.2) is 29.2 Å². The van der Waals surface area contributed by atoms with Gasteiger partial charge in [0.25, 0.3) is 11.8 Å². The Bertz CT molecular complexity index is 1950. The summed E-state index contributed by atoms with van der Waals surface area (Å²) in [6, 6.07) is 10.7. The number of amidine groups is 1. The van der Waals surface area contributed by atoms with E-state index in [4.69, 9.17) is 21.7 Å². The van der Waals surface area contributed by atoms with E-state index >= 15 is 0 Å². The molecule has 46 heavy (non-hydrogen) atoms. The van der Waals surface area contributed by atoms with E-state index in [1.807, 2.05) is 59.6 Å². The third-order valence-corrected chi connectivity index (χ3v) is 9.80. The topological polar surface area (TPSA) is 222 Å². The van der Waals surface area contributed by atoms with E-state index in [1.165, 1.54) is 30.6 Å². The number of aromatic nitrogens is 4. The number of hydrogen-bond donors (Lipinski definition) is 4. The number of β-lactam (4-membered cyclic amide) rings is 1. The molecule has 1 saturated heterocycles. The minimum absolute atomic E-state index is 0.0168. The second kappa shape index (κ2) is 12.8. The molecular weight excluding hydrogens is 653 g/mol. The first-order chi connectivity index (χ1) is 22.1. The molecule has 0 radical (unpaired) electrons. The third kappa shape index (κ3) is 6.13. The zero-order valence-corrected chi connectivity index (χ0v) is 26.5. The van der Waals surface area contributed by atoms with Crippen molar-refractivity contribution in [3.05, 3.63) is 77.6 Å². The number of benzene rings is 1. The largest absolute Gasteiger partial charge is 0.543 e. The molecule has 0 bridgehead atoms. The van der Waals surface area contributed by atoms with Crippen molar-refractivity contribution in [1.29, 1.82) is 5.41 Å². The van der Waals surface area contributed by atoms with Crippen LogP contribution in [0.25, 0.3) is 10.9 Å². The number of hydrogen-bond acceptors (Lipinski definition) is 13. The summed E-state index contributed by atoms with van der Waals surface area (Å²) in [5, 5.41) is 26.7. The summed E-state index contributed by atoms with van der Waals surface area (Å²) >= 11 is 3.39. The minimum atomic E-state index is -1.48. The second-order valence-corrected chi connectivity index (χ2v) is 13.2. The van der Waals surface area contributed by atoms with Gasteiger partial charge in [-0.2, -0.15) is 13.9 Å². The predicted octanol–water partition coefficient (Wildman–Crippen LogP) is -0.149. The Balaban J connectivity index is 1.20. The molecule has 3 aromatic heterocycles. The lowest BCUT2D eigenvalue weighted by Crippen LogP contribution is -2.71. The number of nitrogens with zero attached hydrogens (tertiary/aromatic N) is 6. The molecule has 6 rings (SSSR count). The average Bonchev–Trinajstić information content (AvgIpc) is 3.63. The van der Waals surface area contributed by atoms with Crippen LogP contribution in [0.2, 0.25) is 0 Å². The summed E-state index contributed by atoms with van der Waals surface area (Å²) in [5.74, 6) is -2.60. The number of carboxylic acid groups (broad SMARTS) is 1. The molecule has 1 aromatic carbocycles. The van der Waals surface area contributed by atoms with Crippen LogP contribution in [0.15, 0.2) is 76.3 Å². The van der Waals surface area contributed by atoms with Crippen LogP contribution in [0.3, 0.4) is 0 Å². The molecule has 0 unspecified atom stereocenters. The van der Waals surface area contributed by atoms with Gasteiger partial charge in [-0.15, -0.1) is 11.8 Å². The predicted molar refractivity (Wildman–Crippen MR) is 170 cm³/mol. The average molecular weight is 679 g/mol. The zero-order valence-electron chi connectivity index (χ0n) is 24.1. The molecule has 0 saturated carbocycles. The highest BCUT2D eigenvalue weighted by Gasteiger charge is 2.53. The molecule has 6 N–H and O–H groups in total. The number of rotatable bonds is 10. The number of oxime groups is 1. The number of thioether (sulfide) groups is 2. The normalized spacial score (nSPS) is 17.9. The van der Waals surface area contributed by atoms with Crippen LogP contribution >= 0.6 is 35.1 Å². The first-order valence-electron chi connectivity index (χ1n) is 13.6.